The van der Waals surface area contributed by atoms with Gasteiger partial charge in [-0.05, 0) is 24.6 Å². The molecule has 0 aliphatic carbocycles. The summed E-state index contributed by atoms with van der Waals surface area (Å²) in [4.78, 5) is 13.8. The van der Waals surface area contributed by atoms with Crippen LogP contribution in [0.2, 0.25) is 0 Å². The third-order valence-electron chi connectivity index (χ3n) is 3.91. The first-order chi connectivity index (χ1) is 9.50. The standard InChI is InChI=1S/C14H20N2O4/c1-14(13(18)19,16-7-5-15-6-8-16)10-3-4-11(17)12(9-10)20-2/h3-4,9,15,17H,5-8H2,1-2H3,(H,18,19). The molecule has 1 unspecified atom stereocenters. The van der Waals surface area contributed by atoms with E-state index in [-0.39, 0.29) is 11.5 Å². The third-order valence-corrected chi connectivity index (χ3v) is 3.91. The summed E-state index contributed by atoms with van der Waals surface area (Å²) in [6.07, 6.45) is 0. The van der Waals surface area contributed by atoms with Crippen LogP contribution < -0.4 is 10.1 Å². The fraction of sp³-hybridized carbons (Fsp3) is 0.500. The van der Waals surface area contributed by atoms with Gasteiger partial charge in [0.25, 0.3) is 0 Å². The Hall–Kier alpha value is -1.79. The Morgan fingerprint density at radius 3 is 2.60 bits per heavy atom. The van der Waals surface area contributed by atoms with Crippen molar-refractivity contribution in [2.24, 2.45) is 0 Å². The summed E-state index contributed by atoms with van der Waals surface area (Å²) in [5, 5.41) is 22.6. The van der Waals surface area contributed by atoms with Crippen LogP contribution in [0.3, 0.4) is 0 Å². The maximum atomic E-state index is 11.8. The van der Waals surface area contributed by atoms with E-state index in [1.165, 1.54) is 13.2 Å². The number of piperazine rings is 1. The lowest BCUT2D eigenvalue weighted by molar-refractivity contribution is -0.151. The number of hydrogen-bond donors (Lipinski definition) is 3. The number of nitrogens with one attached hydrogen (secondary N) is 1. The second kappa shape index (κ2) is 5.68. The van der Waals surface area contributed by atoms with Crippen LogP contribution in [0.5, 0.6) is 11.5 Å². The number of benzene rings is 1. The highest BCUT2D eigenvalue weighted by atomic mass is 16.5. The summed E-state index contributed by atoms with van der Waals surface area (Å²) in [6, 6.07) is 4.69. The van der Waals surface area contributed by atoms with E-state index in [9.17, 15) is 15.0 Å². The summed E-state index contributed by atoms with van der Waals surface area (Å²) < 4.78 is 5.07. The number of hydrogen-bond acceptors (Lipinski definition) is 5. The van der Waals surface area contributed by atoms with Crippen molar-refractivity contribution in [3.8, 4) is 11.5 Å². The van der Waals surface area contributed by atoms with Crippen LogP contribution in [-0.4, -0.2) is 54.4 Å². The van der Waals surface area contributed by atoms with E-state index in [1.807, 2.05) is 4.90 Å². The van der Waals surface area contributed by atoms with Gasteiger partial charge < -0.3 is 20.3 Å². The predicted molar refractivity (Wildman–Crippen MR) is 74.1 cm³/mol. The fourth-order valence-corrected chi connectivity index (χ4v) is 2.53. The minimum atomic E-state index is -1.14. The van der Waals surface area contributed by atoms with E-state index >= 15 is 0 Å². The molecule has 2 rings (SSSR count). The number of carboxylic acids is 1. The van der Waals surface area contributed by atoms with E-state index in [1.54, 1.807) is 19.1 Å². The highest BCUT2D eigenvalue weighted by molar-refractivity contribution is 5.80. The van der Waals surface area contributed by atoms with Gasteiger partial charge in [0.2, 0.25) is 0 Å². The zero-order valence-electron chi connectivity index (χ0n) is 11.7. The van der Waals surface area contributed by atoms with Gasteiger partial charge in [-0.3, -0.25) is 4.90 Å². The van der Waals surface area contributed by atoms with Crippen molar-refractivity contribution in [3.63, 3.8) is 0 Å². The van der Waals surface area contributed by atoms with Gasteiger partial charge in [-0.2, -0.15) is 0 Å². The molecule has 1 heterocycles. The van der Waals surface area contributed by atoms with Gasteiger partial charge in [0.15, 0.2) is 11.5 Å². The lowest BCUT2D eigenvalue weighted by Crippen LogP contribution is -2.56. The molecule has 0 amide bonds. The molecule has 6 nitrogen and oxygen atoms in total. The van der Waals surface area contributed by atoms with Crippen LogP contribution in [-0.2, 0) is 10.3 Å². The second-order valence-corrected chi connectivity index (χ2v) is 5.00. The van der Waals surface area contributed by atoms with Crippen LogP contribution in [0.25, 0.3) is 0 Å². The molecule has 0 spiro atoms. The Kier molecular flexibility index (Phi) is 4.15. The largest absolute Gasteiger partial charge is 0.504 e. The number of phenolic OH excluding ortho intramolecular Hbond substituents is 1. The van der Waals surface area contributed by atoms with Crippen LogP contribution in [0.15, 0.2) is 18.2 Å². The first kappa shape index (κ1) is 14.6. The topological polar surface area (TPSA) is 82.0 Å². The van der Waals surface area contributed by atoms with Crippen molar-refractivity contribution >= 4 is 5.97 Å². The van der Waals surface area contributed by atoms with E-state index in [2.05, 4.69) is 5.32 Å². The SMILES string of the molecule is COc1cc(C(C)(C(=O)O)N2CCNCC2)ccc1O. The number of aromatic hydroxyl groups is 1. The maximum Gasteiger partial charge on any atom is 0.328 e. The van der Waals surface area contributed by atoms with Crippen molar-refractivity contribution in [3.05, 3.63) is 23.8 Å². The smallest absolute Gasteiger partial charge is 0.328 e. The van der Waals surface area contributed by atoms with Gasteiger partial charge in [-0.1, -0.05) is 6.07 Å². The molecule has 1 aromatic carbocycles. The number of ether oxygens (including phenoxy) is 1. The zero-order chi connectivity index (χ0) is 14.8. The van der Waals surface area contributed by atoms with Crippen molar-refractivity contribution in [2.75, 3.05) is 33.3 Å². The molecule has 1 saturated heterocycles. The Balaban J connectivity index is 2.44. The highest BCUT2D eigenvalue weighted by Gasteiger charge is 2.42. The van der Waals surface area contributed by atoms with Crippen LogP contribution in [0, 0.1) is 0 Å². The molecule has 1 fully saturated rings. The number of rotatable bonds is 4. The number of phenols is 1. The molecular formula is C14H20N2O4. The number of carbonyl (C=O) groups is 1. The van der Waals surface area contributed by atoms with E-state index in [0.717, 1.165) is 13.1 Å². The monoisotopic (exact) mass is 280 g/mol. The molecular weight excluding hydrogens is 260 g/mol. The molecule has 1 aromatic rings. The molecule has 3 N–H and O–H groups in total. The minimum Gasteiger partial charge on any atom is -0.504 e. The van der Waals surface area contributed by atoms with Crippen LogP contribution in [0.4, 0.5) is 0 Å². The van der Waals surface area contributed by atoms with E-state index in [0.29, 0.717) is 18.7 Å². The van der Waals surface area contributed by atoms with Crippen molar-refractivity contribution < 1.29 is 19.7 Å². The number of methoxy groups -OCH3 is 1. The number of aliphatic carboxylic acids is 1. The summed E-state index contributed by atoms with van der Waals surface area (Å²) in [5.74, 6) is -0.624. The van der Waals surface area contributed by atoms with Gasteiger partial charge in [-0.15, -0.1) is 0 Å². The second-order valence-electron chi connectivity index (χ2n) is 5.00. The van der Waals surface area contributed by atoms with Crippen molar-refractivity contribution in [1.29, 1.82) is 0 Å². The first-order valence-electron chi connectivity index (χ1n) is 6.56. The summed E-state index contributed by atoms with van der Waals surface area (Å²) in [6.45, 7) is 4.53. The Labute approximate surface area is 118 Å². The normalized spacial score (nSPS) is 19.3. The van der Waals surface area contributed by atoms with E-state index in [4.69, 9.17) is 4.74 Å². The third kappa shape index (κ3) is 2.44. The Bertz CT molecular complexity index is 500. The fourth-order valence-electron chi connectivity index (χ4n) is 2.53. The average Bonchev–Trinajstić information content (AvgIpc) is 2.47. The van der Waals surface area contributed by atoms with Crippen LogP contribution >= 0.6 is 0 Å². The van der Waals surface area contributed by atoms with Crippen molar-refractivity contribution in [2.45, 2.75) is 12.5 Å². The highest BCUT2D eigenvalue weighted by Crippen LogP contribution is 2.35. The quantitative estimate of drug-likeness (QED) is 0.749. The molecule has 1 atom stereocenters. The Morgan fingerprint density at radius 1 is 1.40 bits per heavy atom. The van der Waals surface area contributed by atoms with E-state index < -0.39 is 11.5 Å². The van der Waals surface area contributed by atoms with Gasteiger partial charge in [0.05, 0.1) is 7.11 Å². The summed E-state index contributed by atoms with van der Waals surface area (Å²) >= 11 is 0. The summed E-state index contributed by atoms with van der Waals surface area (Å²) in [5.41, 5.74) is -0.537. The maximum absolute atomic E-state index is 11.8. The predicted octanol–water partition coefficient (Wildman–Crippen LogP) is 0.606. The molecule has 110 valence electrons. The molecule has 0 radical (unpaired) electrons. The van der Waals surface area contributed by atoms with Gasteiger partial charge in [0.1, 0.15) is 5.54 Å². The number of carboxylic acid groups (broad SMARTS) is 1. The number of nitrogens with zero attached hydrogens (tertiary/aromatic N) is 1. The molecule has 20 heavy (non-hydrogen) atoms. The molecule has 0 aromatic heterocycles. The summed E-state index contributed by atoms with van der Waals surface area (Å²) in [7, 11) is 1.45. The molecule has 0 saturated carbocycles. The van der Waals surface area contributed by atoms with Crippen molar-refractivity contribution in [1.82, 2.24) is 10.2 Å². The minimum absolute atomic E-state index is 0.00398. The first-order valence-corrected chi connectivity index (χ1v) is 6.56. The molecule has 1 aliphatic rings. The molecule has 6 heteroatoms. The zero-order valence-corrected chi connectivity index (χ0v) is 11.7. The molecule has 1 aliphatic heterocycles. The molecule has 0 bridgehead atoms. The Morgan fingerprint density at radius 2 is 2.05 bits per heavy atom. The van der Waals surface area contributed by atoms with Gasteiger partial charge in [0, 0.05) is 26.2 Å². The average molecular weight is 280 g/mol. The lowest BCUT2D eigenvalue weighted by Gasteiger charge is -2.40. The van der Waals surface area contributed by atoms with Gasteiger partial charge >= 0.3 is 5.97 Å². The lowest BCUT2D eigenvalue weighted by atomic mass is 9.89. The van der Waals surface area contributed by atoms with Gasteiger partial charge in [-0.25, -0.2) is 4.79 Å². The van der Waals surface area contributed by atoms with Crippen LogP contribution in [0.1, 0.15) is 12.5 Å².